The molecule has 1 atom stereocenters. The fraction of sp³-hybridized carbons (Fsp3) is 0.417. The van der Waals surface area contributed by atoms with Gasteiger partial charge < -0.3 is 5.73 Å². The van der Waals surface area contributed by atoms with Gasteiger partial charge in [-0.3, -0.25) is 14.2 Å². The Balaban J connectivity index is 2.31. The second-order valence-electron chi connectivity index (χ2n) is 4.35. The molecule has 0 saturated heterocycles. The number of aryl methyl sites for hydroxylation is 2. The summed E-state index contributed by atoms with van der Waals surface area (Å²) in [6.07, 6.45) is 5.88. The number of Topliss-reactive ketones (excluding diaryl/α,β-unsaturated/α-hetero) is 1. The monoisotopic (exact) mass is 325 g/mol. The minimum Gasteiger partial charge on any atom is -0.317 e. The number of hydrogen-bond acceptors (Lipinski definition) is 4. The highest BCUT2D eigenvalue weighted by molar-refractivity contribution is 9.10. The molecule has 2 heterocycles. The molecule has 102 valence electrons. The van der Waals surface area contributed by atoms with Gasteiger partial charge in [0, 0.05) is 25.4 Å². The molecule has 7 heteroatoms. The number of carbonyl (C=O) groups is 1. The Labute approximate surface area is 119 Å². The Kier molecular flexibility index (Phi) is 4.16. The molecule has 2 N–H and O–H groups in total. The van der Waals surface area contributed by atoms with E-state index in [2.05, 4.69) is 26.1 Å². The Hall–Kier alpha value is -1.47. The summed E-state index contributed by atoms with van der Waals surface area (Å²) >= 11 is 3.35. The molecule has 2 aromatic rings. The van der Waals surface area contributed by atoms with Gasteiger partial charge in [-0.05, 0) is 22.4 Å². The van der Waals surface area contributed by atoms with Crippen molar-refractivity contribution in [1.29, 1.82) is 0 Å². The van der Waals surface area contributed by atoms with Crippen LogP contribution in [-0.4, -0.2) is 25.3 Å². The van der Waals surface area contributed by atoms with Gasteiger partial charge in [-0.2, -0.15) is 10.2 Å². The minimum atomic E-state index is -0.725. The van der Waals surface area contributed by atoms with Crippen LogP contribution in [0.3, 0.4) is 0 Å². The summed E-state index contributed by atoms with van der Waals surface area (Å²) < 4.78 is 3.98. The van der Waals surface area contributed by atoms with Gasteiger partial charge in [0.25, 0.3) is 0 Å². The quantitative estimate of drug-likeness (QED) is 0.848. The lowest BCUT2D eigenvalue weighted by Crippen LogP contribution is -2.24. The third kappa shape index (κ3) is 2.76. The summed E-state index contributed by atoms with van der Waals surface area (Å²) in [7, 11) is 1.79. The summed E-state index contributed by atoms with van der Waals surface area (Å²) in [6.45, 7) is 2.72. The van der Waals surface area contributed by atoms with Crippen LogP contribution in [0.15, 0.2) is 23.1 Å². The first-order valence-corrected chi connectivity index (χ1v) is 6.83. The lowest BCUT2D eigenvalue weighted by molar-refractivity contribution is 0.0949. The first kappa shape index (κ1) is 14.0. The van der Waals surface area contributed by atoms with Crippen LogP contribution in [0.1, 0.15) is 35.4 Å². The van der Waals surface area contributed by atoms with E-state index in [0.29, 0.717) is 22.3 Å². The molecule has 0 amide bonds. The molecule has 0 aliphatic carbocycles. The lowest BCUT2D eigenvalue weighted by Gasteiger charge is -2.11. The zero-order valence-corrected chi connectivity index (χ0v) is 12.5. The van der Waals surface area contributed by atoms with Crippen LogP contribution in [0.5, 0.6) is 0 Å². The highest BCUT2D eigenvalue weighted by atomic mass is 79.9. The second-order valence-corrected chi connectivity index (χ2v) is 5.21. The van der Waals surface area contributed by atoms with Gasteiger partial charge in [0.1, 0.15) is 5.69 Å². The molecule has 0 aliphatic rings. The van der Waals surface area contributed by atoms with Gasteiger partial charge in [-0.1, -0.05) is 6.92 Å². The minimum absolute atomic E-state index is 0.161. The molecule has 6 nitrogen and oxygen atoms in total. The smallest absolute Gasteiger partial charge is 0.203 e. The van der Waals surface area contributed by atoms with Crippen molar-refractivity contribution >= 4 is 21.7 Å². The number of rotatable bonds is 5. The number of nitrogens with zero attached hydrogens (tertiary/aromatic N) is 4. The average Bonchev–Trinajstić information content (AvgIpc) is 2.95. The van der Waals surface area contributed by atoms with Crippen molar-refractivity contribution in [2.75, 3.05) is 0 Å². The maximum Gasteiger partial charge on any atom is 0.203 e. The van der Waals surface area contributed by atoms with Crippen molar-refractivity contribution in [1.82, 2.24) is 19.6 Å². The van der Waals surface area contributed by atoms with E-state index in [1.54, 1.807) is 35.0 Å². The Morgan fingerprint density at radius 3 is 2.79 bits per heavy atom. The van der Waals surface area contributed by atoms with Gasteiger partial charge in [-0.25, -0.2) is 0 Å². The van der Waals surface area contributed by atoms with Gasteiger partial charge >= 0.3 is 0 Å². The number of ketones is 1. The van der Waals surface area contributed by atoms with Crippen LogP contribution in [-0.2, 0) is 13.6 Å². The summed E-state index contributed by atoms with van der Waals surface area (Å²) in [5.74, 6) is -0.161. The maximum atomic E-state index is 12.5. The van der Waals surface area contributed by atoms with Crippen molar-refractivity contribution in [3.05, 3.63) is 34.3 Å². The van der Waals surface area contributed by atoms with Crippen LogP contribution in [0.25, 0.3) is 0 Å². The topological polar surface area (TPSA) is 78.7 Å². The van der Waals surface area contributed by atoms with E-state index in [-0.39, 0.29) is 5.78 Å². The van der Waals surface area contributed by atoms with Crippen LogP contribution in [0.4, 0.5) is 0 Å². The van der Waals surface area contributed by atoms with Crippen LogP contribution < -0.4 is 5.73 Å². The molecule has 0 aromatic carbocycles. The second kappa shape index (κ2) is 5.66. The largest absolute Gasteiger partial charge is 0.317 e. The molecule has 0 fully saturated rings. The van der Waals surface area contributed by atoms with Gasteiger partial charge in [0.15, 0.2) is 0 Å². The van der Waals surface area contributed by atoms with E-state index in [9.17, 15) is 4.79 Å². The van der Waals surface area contributed by atoms with E-state index in [0.717, 1.165) is 6.42 Å². The van der Waals surface area contributed by atoms with Crippen LogP contribution >= 0.6 is 15.9 Å². The average molecular weight is 326 g/mol. The first-order valence-electron chi connectivity index (χ1n) is 6.04. The van der Waals surface area contributed by atoms with Gasteiger partial charge in [-0.15, -0.1) is 0 Å². The van der Waals surface area contributed by atoms with E-state index < -0.39 is 6.04 Å². The van der Waals surface area contributed by atoms with E-state index in [1.807, 2.05) is 6.92 Å². The number of carbonyl (C=O) groups excluding carboxylic acids is 1. The Bertz CT molecular complexity index is 589. The fourth-order valence-corrected chi connectivity index (χ4v) is 2.38. The van der Waals surface area contributed by atoms with Gasteiger partial charge in [0.2, 0.25) is 5.78 Å². The third-order valence-corrected chi connectivity index (χ3v) is 3.41. The predicted molar refractivity (Wildman–Crippen MR) is 74.7 cm³/mol. The van der Waals surface area contributed by atoms with E-state index >= 15 is 0 Å². The molecule has 0 spiro atoms. The fourth-order valence-electron chi connectivity index (χ4n) is 1.89. The first-order chi connectivity index (χ1) is 9.04. The molecule has 0 aliphatic heterocycles. The lowest BCUT2D eigenvalue weighted by atomic mass is 10.1. The summed E-state index contributed by atoms with van der Waals surface area (Å²) in [5.41, 5.74) is 7.22. The number of halogens is 1. The summed E-state index contributed by atoms with van der Waals surface area (Å²) in [6, 6.07) is -0.725. The molecule has 0 radical (unpaired) electrons. The Morgan fingerprint density at radius 1 is 1.47 bits per heavy atom. The number of aromatic nitrogens is 4. The number of nitrogens with two attached hydrogens (primary N) is 1. The van der Waals surface area contributed by atoms with Gasteiger partial charge in [0.05, 0.1) is 22.9 Å². The van der Waals surface area contributed by atoms with Crippen molar-refractivity contribution in [3.8, 4) is 0 Å². The zero-order valence-electron chi connectivity index (χ0n) is 10.9. The molecule has 2 aromatic heterocycles. The van der Waals surface area contributed by atoms with Crippen LogP contribution in [0, 0.1) is 0 Å². The molecule has 1 unspecified atom stereocenters. The van der Waals surface area contributed by atoms with E-state index in [1.165, 1.54) is 0 Å². The molecule has 0 saturated carbocycles. The zero-order chi connectivity index (χ0) is 14.0. The molecular weight excluding hydrogens is 310 g/mol. The predicted octanol–water partition coefficient (Wildman–Crippen LogP) is 1.67. The standard InChI is InChI=1S/C12H16BrN5O/c1-3-4-18-11(9(13)6-16-18)12(19)10(14)8-5-15-17(2)7-8/h5-7,10H,3-4,14H2,1-2H3. The molecule has 2 rings (SSSR count). The molecule has 19 heavy (non-hydrogen) atoms. The van der Waals surface area contributed by atoms with E-state index in [4.69, 9.17) is 5.73 Å². The summed E-state index contributed by atoms with van der Waals surface area (Å²) in [5, 5.41) is 8.21. The third-order valence-electron chi connectivity index (χ3n) is 2.83. The molecule has 0 bridgehead atoms. The Morgan fingerprint density at radius 2 is 2.21 bits per heavy atom. The van der Waals surface area contributed by atoms with Crippen molar-refractivity contribution in [2.45, 2.75) is 25.9 Å². The normalized spacial score (nSPS) is 12.6. The molecular formula is C12H16BrN5O. The SMILES string of the molecule is CCCn1ncc(Br)c1C(=O)C(N)c1cnn(C)c1. The number of hydrogen-bond donors (Lipinski definition) is 1. The van der Waals surface area contributed by atoms with Crippen molar-refractivity contribution < 1.29 is 4.79 Å². The highest BCUT2D eigenvalue weighted by Gasteiger charge is 2.25. The van der Waals surface area contributed by atoms with Crippen LogP contribution in [0.2, 0.25) is 0 Å². The maximum absolute atomic E-state index is 12.5. The highest BCUT2D eigenvalue weighted by Crippen LogP contribution is 2.22. The van der Waals surface area contributed by atoms with Crippen molar-refractivity contribution in [3.63, 3.8) is 0 Å². The van der Waals surface area contributed by atoms with Crippen molar-refractivity contribution in [2.24, 2.45) is 12.8 Å². The summed E-state index contributed by atoms with van der Waals surface area (Å²) in [4.78, 5) is 12.5.